The Morgan fingerprint density at radius 3 is 2.78 bits per heavy atom. The van der Waals surface area contributed by atoms with Gasteiger partial charge in [-0.2, -0.15) is 5.26 Å². The molecule has 0 radical (unpaired) electrons. The quantitative estimate of drug-likeness (QED) is 0.588. The molecule has 0 bridgehead atoms. The summed E-state index contributed by atoms with van der Waals surface area (Å²) in [5.41, 5.74) is 1.33. The van der Waals surface area contributed by atoms with Crippen LogP contribution < -0.4 is 10.6 Å². The molecule has 8 heteroatoms. The Kier molecular flexibility index (Phi) is 5.66. The molecule has 7 nitrogen and oxygen atoms in total. The Hall–Kier alpha value is -3.41. The molecular formula is C19H15N3O4S. The summed E-state index contributed by atoms with van der Waals surface area (Å²) in [6.45, 7) is -0.121. The minimum Gasteiger partial charge on any atom is -0.464 e. The molecule has 0 aliphatic carbocycles. The van der Waals surface area contributed by atoms with Crippen LogP contribution in [0.3, 0.4) is 0 Å². The first-order valence-electron chi connectivity index (χ1n) is 7.97. The molecular weight excluding hydrogens is 366 g/mol. The second-order valence-electron chi connectivity index (χ2n) is 5.55. The Labute approximate surface area is 158 Å². The maximum Gasteiger partial charge on any atom is 0.313 e. The largest absolute Gasteiger partial charge is 0.464 e. The molecule has 2 aromatic heterocycles. The zero-order chi connectivity index (χ0) is 19.2. The zero-order valence-corrected chi connectivity index (χ0v) is 14.8. The number of hydrogen-bond acceptors (Lipinski definition) is 6. The molecule has 0 aliphatic rings. The Morgan fingerprint density at radius 2 is 2.04 bits per heavy atom. The highest BCUT2D eigenvalue weighted by Gasteiger charge is 2.18. The predicted molar refractivity (Wildman–Crippen MR) is 99.8 cm³/mol. The van der Waals surface area contributed by atoms with E-state index in [0.29, 0.717) is 10.6 Å². The summed E-state index contributed by atoms with van der Waals surface area (Å²) in [7, 11) is 0. The fourth-order valence-corrected chi connectivity index (χ4v) is 3.22. The third-order valence-electron chi connectivity index (χ3n) is 3.71. The molecule has 0 saturated heterocycles. The van der Waals surface area contributed by atoms with Gasteiger partial charge in [0.15, 0.2) is 0 Å². The van der Waals surface area contributed by atoms with Crippen LogP contribution in [-0.2, 0) is 9.59 Å². The molecule has 2 heterocycles. The molecule has 1 unspecified atom stereocenters. The number of nitriles is 1. The van der Waals surface area contributed by atoms with Crippen LogP contribution in [-0.4, -0.2) is 23.5 Å². The summed E-state index contributed by atoms with van der Waals surface area (Å²) < 4.78 is 5.30. The van der Waals surface area contributed by atoms with Crippen molar-refractivity contribution >= 4 is 28.8 Å². The number of thiophene rings is 1. The van der Waals surface area contributed by atoms with E-state index < -0.39 is 17.9 Å². The van der Waals surface area contributed by atoms with Crippen molar-refractivity contribution in [1.82, 2.24) is 5.32 Å². The number of anilines is 1. The first-order chi connectivity index (χ1) is 13.1. The number of benzene rings is 1. The molecule has 3 aromatic rings. The summed E-state index contributed by atoms with van der Waals surface area (Å²) in [5, 5.41) is 25.8. The molecule has 27 heavy (non-hydrogen) atoms. The van der Waals surface area contributed by atoms with Crippen molar-refractivity contribution in [2.75, 3.05) is 11.9 Å². The van der Waals surface area contributed by atoms with Gasteiger partial charge in [-0.3, -0.25) is 9.59 Å². The molecule has 3 N–H and O–H groups in total. The maximum atomic E-state index is 12.0. The van der Waals surface area contributed by atoms with E-state index in [2.05, 4.69) is 10.6 Å². The second-order valence-corrected chi connectivity index (χ2v) is 6.50. The standard InChI is InChI=1S/C19H15N3O4S/c20-9-12-4-1-2-5-14(12)22-19(25)18(24)21-10-15(23)17-8-13(11-27-17)16-6-3-7-26-16/h1-8,11,15,23H,10H2,(H,21,24)(H,22,25). The smallest absolute Gasteiger partial charge is 0.313 e. The first-order valence-corrected chi connectivity index (χ1v) is 8.85. The topological polar surface area (TPSA) is 115 Å². The number of nitrogens with zero attached hydrogens (tertiary/aromatic N) is 1. The van der Waals surface area contributed by atoms with Gasteiger partial charge in [-0.15, -0.1) is 11.3 Å². The summed E-state index contributed by atoms with van der Waals surface area (Å²) in [5.74, 6) is -1.12. The molecule has 0 fully saturated rings. The van der Waals surface area contributed by atoms with Crippen LogP contribution in [0.4, 0.5) is 5.69 Å². The highest BCUT2D eigenvalue weighted by molar-refractivity contribution is 7.10. The van der Waals surface area contributed by atoms with Gasteiger partial charge >= 0.3 is 11.8 Å². The average molecular weight is 381 g/mol. The third-order valence-corrected chi connectivity index (χ3v) is 4.75. The van der Waals surface area contributed by atoms with Crippen LogP contribution in [0.5, 0.6) is 0 Å². The lowest BCUT2D eigenvalue weighted by Crippen LogP contribution is -2.37. The van der Waals surface area contributed by atoms with Crippen LogP contribution in [0.25, 0.3) is 11.3 Å². The summed E-state index contributed by atoms with van der Waals surface area (Å²) in [4.78, 5) is 24.5. The number of furan rings is 1. The van der Waals surface area contributed by atoms with Gasteiger partial charge in [-0.05, 0) is 30.3 Å². The van der Waals surface area contributed by atoms with Crippen molar-refractivity contribution in [3.05, 3.63) is 64.5 Å². The van der Waals surface area contributed by atoms with Crippen LogP contribution in [0.15, 0.2) is 58.5 Å². The number of nitrogens with one attached hydrogen (secondary N) is 2. The fraction of sp³-hybridized carbons (Fsp3) is 0.105. The number of aliphatic hydroxyl groups excluding tert-OH is 1. The number of amides is 2. The lowest BCUT2D eigenvalue weighted by Gasteiger charge is -2.10. The number of rotatable bonds is 5. The summed E-state index contributed by atoms with van der Waals surface area (Å²) in [6, 6.07) is 13.6. The SMILES string of the molecule is N#Cc1ccccc1NC(=O)C(=O)NCC(O)c1cc(-c2ccco2)cs1. The number of hydrogen-bond donors (Lipinski definition) is 3. The second kappa shape index (κ2) is 8.31. The number of carbonyl (C=O) groups excluding carboxylic acids is 2. The van der Waals surface area contributed by atoms with Crippen LogP contribution in [0.2, 0.25) is 0 Å². The Balaban J connectivity index is 1.55. The Bertz CT molecular complexity index is 989. The Morgan fingerprint density at radius 1 is 1.22 bits per heavy atom. The van der Waals surface area contributed by atoms with Gasteiger partial charge < -0.3 is 20.2 Å². The summed E-state index contributed by atoms with van der Waals surface area (Å²) in [6.07, 6.45) is 0.605. The van der Waals surface area contributed by atoms with E-state index in [0.717, 1.165) is 5.56 Å². The lowest BCUT2D eigenvalue weighted by molar-refractivity contribution is -0.136. The maximum absolute atomic E-state index is 12.0. The van der Waals surface area contributed by atoms with Crippen molar-refractivity contribution < 1.29 is 19.1 Å². The average Bonchev–Trinajstić information content (AvgIpc) is 3.37. The van der Waals surface area contributed by atoms with E-state index in [-0.39, 0.29) is 17.8 Å². The molecule has 1 atom stereocenters. The van der Waals surface area contributed by atoms with Gasteiger partial charge in [-0.25, -0.2) is 0 Å². The van der Waals surface area contributed by atoms with Crippen LogP contribution in [0, 0.1) is 11.3 Å². The molecule has 3 rings (SSSR count). The molecule has 136 valence electrons. The minimum absolute atomic E-state index is 0.121. The van der Waals surface area contributed by atoms with Gasteiger partial charge in [0.1, 0.15) is 17.9 Å². The number of para-hydroxylation sites is 1. The third kappa shape index (κ3) is 4.41. The molecule has 0 spiro atoms. The van der Waals surface area contributed by atoms with Gasteiger partial charge in [0, 0.05) is 22.4 Å². The normalized spacial score (nSPS) is 11.4. The van der Waals surface area contributed by atoms with Gasteiger partial charge in [0.05, 0.1) is 17.5 Å². The molecule has 1 aromatic carbocycles. The molecule has 0 saturated carbocycles. The summed E-state index contributed by atoms with van der Waals surface area (Å²) >= 11 is 1.33. The van der Waals surface area contributed by atoms with Crippen molar-refractivity contribution in [2.45, 2.75) is 6.10 Å². The highest BCUT2D eigenvalue weighted by Crippen LogP contribution is 2.29. The molecule has 2 amide bonds. The van der Waals surface area contributed by atoms with Gasteiger partial charge in [0.2, 0.25) is 0 Å². The van der Waals surface area contributed by atoms with Crippen LogP contribution >= 0.6 is 11.3 Å². The van der Waals surface area contributed by atoms with Crippen LogP contribution in [0.1, 0.15) is 16.5 Å². The van der Waals surface area contributed by atoms with Crippen molar-refractivity contribution in [3.63, 3.8) is 0 Å². The van der Waals surface area contributed by atoms with Crippen molar-refractivity contribution in [3.8, 4) is 17.4 Å². The van der Waals surface area contributed by atoms with E-state index in [1.54, 1.807) is 30.5 Å². The molecule has 0 aliphatic heterocycles. The van der Waals surface area contributed by atoms with E-state index in [4.69, 9.17) is 9.68 Å². The fourth-order valence-electron chi connectivity index (χ4n) is 2.34. The van der Waals surface area contributed by atoms with Gasteiger partial charge in [0.25, 0.3) is 0 Å². The van der Waals surface area contributed by atoms with E-state index in [1.165, 1.54) is 23.5 Å². The van der Waals surface area contributed by atoms with E-state index in [9.17, 15) is 14.7 Å². The first kappa shape index (κ1) is 18.4. The monoisotopic (exact) mass is 381 g/mol. The van der Waals surface area contributed by atoms with Crippen molar-refractivity contribution in [1.29, 1.82) is 5.26 Å². The highest BCUT2D eigenvalue weighted by atomic mass is 32.1. The predicted octanol–water partition coefficient (Wildman–Crippen LogP) is 2.67. The van der Waals surface area contributed by atoms with Crippen molar-refractivity contribution in [2.24, 2.45) is 0 Å². The number of carbonyl (C=O) groups is 2. The number of aliphatic hydroxyl groups is 1. The lowest BCUT2D eigenvalue weighted by atomic mass is 10.2. The van der Waals surface area contributed by atoms with E-state index in [1.807, 2.05) is 17.5 Å². The zero-order valence-electron chi connectivity index (χ0n) is 14.0. The minimum atomic E-state index is -0.957. The van der Waals surface area contributed by atoms with Gasteiger partial charge in [-0.1, -0.05) is 12.1 Å². The van der Waals surface area contributed by atoms with E-state index >= 15 is 0 Å².